The van der Waals surface area contributed by atoms with Gasteiger partial charge in [-0.1, -0.05) is 6.07 Å². The fourth-order valence-electron chi connectivity index (χ4n) is 1.92. The highest BCUT2D eigenvalue weighted by molar-refractivity contribution is 5.53. The van der Waals surface area contributed by atoms with Gasteiger partial charge in [-0.3, -0.25) is 0 Å². The maximum Gasteiger partial charge on any atom is 0.125 e. The standard InChI is InChI=1S/C11H14FNO/c12-10-2-1-9-5-8(3-4-14)7-13-11(9)6-10/h1-2,6,8,13-14H,3-5,7H2. The molecule has 14 heavy (non-hydrogen) atoms. The van der Waals surface area contributed by atoms with E-state index in [2.05, 4.69) is 5.32 Å². The largest absolute Gasteiger partial charge is 0.396 e. The van der Waals surface area contributed by atoms with Gasteiger partial charge >= 0.3 is 0 Å². The van der Waals surface area contributed by atoms with Crippen molar-refractivity contribution in [2.24, 2.45) is 5.92 Å². The number of hydrogen-bond donors (Lipinski definition) is 2. The Hall–Kier alpha value is -1.09. The van der Waals surface area contributed by atoms with Gasteiger partial charge in [-0.2, -0.15) is 0 Å². The van der Waals surface area contributed by atoms with E-state index in [1.807, 2.05) is 6.07 Å². The molecule has 2 nitrogen and oxygen atoms in total. The Balaban J connectivity index is 2.15. The average molecular weight is 195 g/mol. The number of anilines is 1. The minimum Gasteiger partial charge on any atom is -0.396 e. The van der Waals surface area contributed by atoms with E-state index in [0.29, 0.717) is 5.92 Å². The summed E-state index contributed by atoms with van der Waals surface area (Å²) < 4.78 is 12.9. The molecular formula is C11H14FNO. The Bertz CT molecular complexity index is 327. The van der Waals surface area contributed by atoms with Gasteiger partial charge in [0.05, 0.1) is 0 Å². The lowest BCUT2D eigenvalue weighted by molar-refractivity contribution is 0.258. The maximum atomic E-state index is 12.9. The first-order valence-corrected chi connectivity index (χ1v) is 4.93. The van der Waals surface area contributed by atoms with Crippen LogP contribution in [0.3, 0.4) is 0 Å². The molecule has 1 unspecified atom stereocenters. The third-order valence-corrected chi connectivity index (χ3v) is 2.70. The van der Waals surface area contributed by atoms with Gasteiger partial charge in [-0.25, -0.2) is 4.39 Å². The zero-order chi connectivity index (χ0) is 9.97. The van der Waals surface area contributed by atoms with Crippen LogP contribution < -0.4 is 5.32 Å². The number of benzene rings is 1. The molecule has 1 aromatic carbocycles. The zero-order valence-corrected chi connectivity index (χ0v) is 7.96. The summed E-state index contributed by atoms with van der Waals surface area (Å²) in [5.41, 5.74) is 2.05. The predicted molar refractivity (Wildman–Crippen MR) is 53.8 cm³/mol. The predicted octanol–water partition coefficient (Wildman–Crippen LogP) is 1.79. The van der Waals surface area contributed by atoms with Gasteiger partial charge in [0.15, 0.2) is 0 Å². The van der Waals surface area contributed by atoms with Crippen molar-refractivity contribution >= 4 is 5.69 Å². The summed E-state index contributed by atoms with van der Waals surface area (Å²) >= 11 is 0. The highest BCUT2D eigenvalue weighted by atomic mass is 19.1. The third kappa shape index (κ3) is 1.87. The number of aliphatic hydroxyl groups excluding tert-OH is 1. The number of nitrogens with one attached hydrogen (secondary N) is 1. The highest BCUT2D eigenvalue weighted by Gasteiger charge is 2.17. The van der Waals surface area contributed by atoms with Crippen LogP contribution in [0.1, 0.15) is 12.0 Å². The molecule has 0 bridgehead atoms. The number of fused-ring (bicyclic) bond motifs is 1. The van der Waals surface area contributed by atoms with Gasteiger partial charge in [-0.05, 0) is 36.5 Å². The molecule has 0 radical (unpaired) electrons. The first kappa shape index (κ1) is 9.46. The van der Waals surface area contributed by atoms with Crippen molar-refractivity contribution in [2.45, 2.75) is 12.8 Å². The van der Waals surface area contributed by atoms with Crippen LogP contribution in [-0.4, -0.2) is 18.3 Å². The Labute approximate surface area is 82.8 Å². The molecule has 1 aromatic rings. The number of rotatable bonds is 2. The summed E-state index contributed by atoms with van der Waals surface area (Å²) in [7, 11) is 0. The van der Waals surface area contributed by atoms with Crippen LogP contribution in [0.4, 0.5) is 10.1 Å². The van der Waals surface area contributed by atoms with E-state index in [0.717, 1.165) is 30.6 Å². The van der Waals surface area contributed by atoms with E-state index in [1.54, 1.807) is 0 Å². The summed E-state index contributed by atoms with van der Waals surface area (Å²) in [5, 5.41) is 12.0. The van der Waals surface area contributed by atoms with Crippen molar-refractivity contribution in [3.8, 4) is 0 Å². The molecule has 1 aliphatic rings. The molecule has 76 valence electrons. The number of hydrogen-bond acceptors (Lipinski definition) is 2. The fourth-order valence-corrected chi connectivity index (χ4v) is 1.92. The van der Waals surface area contributed by atoms with Crippen LogP contribution >= 0.6 is 0 Å². The van der Waals surface area contributed by atoms with Crippen molar-refractivity contribution in [2.75, 3.05) is 18.5 Å². The monoisotopic (exact) mass is 195 g/mol. The van der Waals surface area contributed by atoms with Gasteiger partial charge in [0.1, 0.15) is 5.82 Å². The Morgan fingerprint density at radius 1 is 1.50 bits per heavy atom. The molecule has 0 amide bonds. The van der Waals surface area contributed by atoms with Crippen LogP contribution in [0, 0.1) is 11.7 Å². The lowest BCUT2D eigenvalue weighted by Gasteiger charge is -2.25. The van der Waals surface area contributed by atoms with Gasteiger partial charge < -0.3 is 10.4 Å². The van der Waals surface area contributed by atoms with Gasteiger partial charge in [0.2, 0.25) is 0 Å². The summed E-state index contributed by atoms with van der Waals surface area (Å²) in [6.07, 6.45) is 1.74. The SMILES string of the molecule is OCCC1CNc2cc(F)ccc2C1. The van der Waals surface area contributed by atoms with Crippen molar-refractivity contribution < 1.29 is 9.50 Å². The van der Waals surface area contributed by atoms with E-state index in [1.165, 1.54) is 12.1 Å². The lowest BCUT2D eigenvalue weighted by atomic mass is 9.92. The van der Waals surface area contributed by atoms with Crippen LogP contribution in [0.25, 0.3) is 0 Å². The molecule has 2 N–H and O–H groups in total. The van der Waals surface area contributed by atoms with Crippen molar-refractivity contribution in [3.05, 3.63) is 29.6 Å². The van der Waals surface area contributed by atoms with Gasteiger partial charge in [0, 0.05) is 18.8 Å². The Morgan fingerprint density at radius 3 is 3.14 bits per heavy atom. The molecule has 0 aliphatic carbocycles. The molecular weight excluding hydrogens is 181 g/mol. The van der Waals surface area contributed by atoms with Crippen molar-refractivity contribution in [3.63, 3.8) is 0 Å². The van der Waals surface area contributed by atoms with Crippen LogP contribution in [0.15, 0.2) is 18.2 Å². The summed E-state index contributed by atoms with van der Waals surface area (Å²) in [4.78, 5) is 0. The van der Waals surface area contributed by atoms with Crippen LogP contribution in [0.5, 0.6) is 0 Å². The van der Waals surface area contributed by atoms with E-state index >= 15 is 0 Å². The quantitative estimate of drug-likeness (QED) is 0.754. The maximum absolute atomic E-state index is 12.9. The molecule has 1 heterocycles. The molecule has 0 aromatic heterocycles. The minimum atomic E-state index is -0.197. The average Bonchev–Trinajstić information content (AvgIpc) is 2.19. The molecule has 0 saturated carbocycles. The first-order chi connectivity index (χ1) is 6.79. The smallest absolute Gasteiger partial charge is 0.125 e. The molecule has 0 saturated heterocycles. The fraction of sp³-hybridized carbons (Fsp3) is 0.455. The second-order valence-electron chi connectivity index (χ2n) is 3.76. The van der Waals surface area contributed by atoms with Crippen LogP contribution in [-0.2, 0) is 6.42 Å². The first-order valence-electron chi connectivity index (χ1n) is 4.93. The zero-order valence-electron chi connectivity index (χ0n) is 7.96. The van der Waals surface area contributed by atoms with Crippen LogP contribution in [0.2, 0.25) is 0 Å². The summed E-state index contributed by atoms with van der Waals surface area (Å²) in [6.45, 7) is 1.06. The van der Waals surface area contributed by atoms with Crippen molar-refractivity contribution in [1.29, 1.82) is 0 Å². The van der Waals surface area contributed by atoms with Gasteiger partial charge in [-0.15, -0.1) is 0 Å². The van der Waals surface area contributed by atoms with Gasteiger partial charge in [0.25, 0.3) is 0 Å². The van der Waals surface area contributed by atoms with Crippen molar-refractivity contribution in [1.82, 2.24) is 0 Å². The number of aliphatic hydroxyl groups is 1. The number of halogens is 1. The van der Waals surface area contributed by atoms with E-state index in [9.17, 15) is 4.39 Å². The second-order valence-corrected chi connectivity index (χ2v) is 3.76. The lowest BCUT2D eigenvalue weighted by Crippen LogP contribution is -2.24. The topological polar surface area (TPSA) is 32.3 Å². The highest BCUT2D eigenvalue weighted by Crippen LogP contribution is 2.26. The Morgan fingerprint density at radius 2 is 2.36 bits per heavy atom. The van der Waals surface area contributed by atoms with E-state index in [-0.39, 0.29) is 12.4 Å². The molecule has 1 aliphatic heterocycles. The third-order valence-electron chi connectivity index (χ3n) is 2.70. The molecule has 1 atom stereocenters. The summed E-state index contributed by atoms with van der Waals surface area (Å²) in [5.74, 6) is 0.273. The second kappa shape index (κ2) is 3.96. The molecule has 0 fully saturated rings. The molecule has 2 rings (SSSR count). The summed E-state index contributed by atoms with van der Waals surface area (Å²) in [6, 6.07) is 4.84. The molecule has 3 heteroatoms. The molecule has 0 spiro atoms. The normalized spacial score (nSPS) is 20.0. The van der Waals surface area contributed by atoms with E-state index in [4.69, 9.17) is 5.11 Å². The Kier molecular flexibility index (Phi) is 2.68. The minimum absolute atomic E-state index is 0.197. The van der Waals surface area contributed by atoms with E-state index < -0.39 is 0 Å².